The zero-order chi connectivity index (χ0) is 11.9. The van der Waals surface area contributed by atoms with Gasteiger partial charge in [0.25, 0.3) is 10.0 Å². The maximum Gasteiger partial charge on any atom is 0.252 e. The molecule has 1 aliphatic heterocycles. The predicted molar refractivity (Wildman–Crippen MR) is 68.4 cm³/mol. The normalized spacial score (nSPS) is 22.8. The van der Waals surface area contributed by atoms with Gasteiger partial charge in [-0.25, -0.2) is 8.42 Å². The molecule has 1 unspecified atom stereocenters. The van der Waals surface area contributed by atoms with Gasteiger partial charge in [-0.3, -0.25) is 0 Å². The number of hydrogen-bond donors (Lipinski definition) is 1. The summed E-state index contributed by atoms with van der Waals surface area (Å²) in [6.07, 6.45) is 0.708. The molecule has 0 bridgehead atoms. The SMILES string of the molecule is NC1CCN(S(=O)(=O)c2cc(Cl)c(Br)s2)C1. The summed E-state index contributed by atoms with van der Waals surface area (Å²) in [7, 11) is -3.42. The lowest BCUT2D eigenvalue weighted by Gasteiger charge is -2.13. The minimum atomic E-state index is -3.42. The van der Waals surface area contributed by atoms with Crippen LogP contribution in [0.2, 0.25) is 5.02 Å². The van der Waals surface area contributed by atoms with E-state index >= 15 is 0 Å². The molecule has 1 atom stereocenters. The summed E-state index contributed by atoms with van der Waals surface area (Å²) >= 11 is 10.2. The van der Waals surface area contributed by atoms with Crippen LogP contribution >= 0.6 is 38.9 Å². The van der Waals surface area contributed by atoms with Crippen molar-refractivity contribution in [3.63, 3.8) is 0 Å². The molecule has 1 aromatic rings. The Labute approximate surface area is 112 Å². The van der Waals surface area contributed by atoms with Gasteiger partial charge in [0.05, 0.1) is 8.81 Å². The first kappa shape index (κ1) is 12.8. The van der Waals surface area contributed by atoms with E-state index in [0.29, 0.717) is 28.3 Å². The second-order valence-electron chi connectivity index (χ2n) is 3.60. The van der Waals surface area contributed by atoms with Crippen LogP contribution in [-0.2, 0) is 10.0 Å². The van der Waals surface area contributed by atoms with E-state index in [0.717, 1.165) is 11.3 Å². The zero-order valence-electron chi connectivity index (χ0n) is 8.19. The highest BCUT2D eigenvalue weighted by Gasteiger charge is 2.32. The number of sulfonamides is 1. The molecule has 1 fully saturated rings. The fourth-order valence-electron chi connectivity index (χ4n) is 1.55. The second-order valence-corrected chi connectivity index (χ2v) is 8.54. The minimum Gasteiger partial charge on any atom is -0.326 e. The highest BCUT2D eigenvalue weighted by atomic mass is 79.9. The van der Waals surface area contributed by atoms with E-state index in [1.807, 2.05) is 0 Å². The van der Waals surface area contributed by atoms with Crippen LogP contribution in [-0.4, -0.2) is 31.9 Å². The molecule has 0 saturated carbocycles. The largest absolute Gasteiger partial charge is 0.326 e. The minimum absolute atomic E-state index is 0.0614. The van der Waals surface area contributed by atoms with Crippen LogP contribution in [0.25, 0.3) is 0 Å². The van der Waals surface area contributed by atoms with Crippen LogP contribution in [0.3, 0.4) is 0 Å². The van der Waals surface area contributed by atoms with E-state index in [-0.39, 0.29) is 10.3 Å². The first-order valence-electron chi connectivity index (χ1n) is 4.62. The van der Waals surface area contributed by atoms with Crippen molar-refractivity contribution < 1.29 is 8.42 Å². The summed E-state index contributed by atoms with van der Waals surface area (Å²) in [6, 6.07) is 1.41. The van der Waals surface area contributed by atoms with Gasteiger partial charge < -0.3 is 5.73 Å². The summed E-state index contributed by atoms with van der Waals surface area (Å²) in [6.45, 7) is 0.867. The molecule has 0 aliphatic carbocycles. The van der Waals surface area contributed by atoms with E-state index in [1.165, 1.54) is 10.4 Å². The average molecular weight is 346 g/mol. The molecule has 2 N–H and O–H groups in total. The highest BCUT2D eigenvalue weighted by molar-refractivity contribution is 9.11. The third-order valence-electron chi connectivity index (χ3n) is 2.40. The first-order chi connectivity index (χ1) is 7.41. The number of thiophene rings is 1. The molecule has 0 aromatic carbocycles. The molecule has 1 aromatic heterocycles. The van der Waals surface area contributed by atoms with Gasteiger partial charge in [0.1, 0.15) is 4.21 Å². The van der Waals surface area contributed by atoms with Gasteiger partial charge in [-0.2, -0.15) is 4.31 Å². The van der Waals surface area contributed by atoms with Gasteiger partial charge in [-0.05, 0) is 28.4 Å². The fraction of sp³-hybridized carbons (Fsp3) is 0.500. The van der Waals surface area contributed by atoms with Crippen molar-refractivity contribution in [1.82, 2.24) is 4.31 Å². The molecule has 0 spiro atoms. The zero-order valence-corrected chi connectivity index (χ0v) is 12.2. The molecular formula is C8H10BrClN2O2S2. The van der Waals surface area contributed by atoms with E-state index in [4.69, 9.17) is 17.3 Å². The van der Waals surface area contributed by atoms with Gasteiger partial charge >= 0.3 is 0 Å². The van der Waals surface area contributed by atoms with E-state index in [1.54, 1.807) is 0 Å². The highest BCUT2D eigenvalue weighted by Crippen LogP contribution is 2.36. The van der Waals surface area contributed by atoms with Crippen LogP contribution in [0.5, 0.6) is 0 Å². The Bertz CT molecular complexity index is 483. The lowest BCUT2D eigenvalue weighted by atomic mass is 10.3. The van der Waals surface area contributed by atoms with Crippen molar-refractivity contribution in [2.75, 3.05) is 13.1 Å². The number of halogens is 2. The quantitative estimate of drug-likeness (QED) is 0.890. The third kappa shape index (κ3) is 2.30. The average Bonchev–Trinajstić information content (AvgIpc) is 2.75. The molecule has 0 radical (unpaired) electrons. The Morgan fingerprint density at radius 3 is 2.75 bits per heavy atom. The number of nitrogens with zero attached hydrogens (tertiary/aromatic N) is 1. The van der Waals surface area contributed by atoms with Crippen LogP contribution < -0.4 is 5.73 Å². The fourth-order valence-corrected chi connectivity index (χ4v) is 5.62. The van der Waals surface area contributed by atoms with Gasteiger partial charge in [-0.1, -0.05) is 11.6 Å². The van der Waals surface area contributed by atoms with Crippen molar-refractivity contribution in [3.05, 3.63) is 14.9 Å². The molecule has 2 rings (SSSR count). The monoisotopic (exact) mass is 344 g/mol. The lowest BCUT2D eigenvalue weighted by molar-refractivity contribution is 0.474. The number of hydrogen-bond acceptors (Lipinski definition) is 4. The molecule has 1 saturated heterocycles. The Kier molecular flexibility index (Phi) is 3.63. The summed E-state index contributed by atoms with van der Waals surface area (Å²) in [4.78, 5) is 0. The van der Waals surface area contributed by atoms with Gasteiger partial charge in [-0.15, -0.1) is 11.3 Å². The molecule has 2 heterocycles. The van der Waals surface area contributed by atoms with Crippen LogP contribution in [0.15, 0.2) is 14.1 Å². The molecular weight excluding hydrogens is 336 g/mol. The van der Waals surface area contributed by atoms with Crippen molar-refractivity contribution in [3.8, 4) is 0 Å². The second kappa shape index (κ2) is 4.55. The number of nitrogens with two attached hydrogens (primary N) is 1. The summed E-state index contributed by atoms with van der Waals surface area (Å²) < 4.78 is 26.6. The molecule has 0 amide bonds. The van der Waals surface area contributed by atoms with Gasteiger partial charge in [0.2, 0.25) is 0 Å². The summed E-state index contributed by atoms with van der Waals surface area (Å²) in [5.41, 5.74) is 5.70. The topological polar surface area (TPSA) is 63.4 Å². The van der Waals surface area contributed by atoms with Crippen molar-refractivity contribution in [2.24, 2.45) is 5.73 Å². The Balaban J connectivity index is 2.32. The Hall–Kier alpha value is 0.340. The maximum absolute atomic E-state index is 12.1. The van der Waals surface area contributed by atoms with Crippen LogP contribution in [0, 0.1) is 0 Å². The molecule has 4 nitrogen and oxygen atoms in total. The van der Waals surface area contributed by atoms with Gasteiger partial charge in [0.15, 0.2) is 0 Å². The van der Waals surface area contributed by atoms with Gasteiger partial charge in [0, 0.05) is 19.1 Å². The van der Waals surface area contributed by atoms with E-state index in [9.17, 15) is 8.42 Å². The number of rotatable bonds is 2. The molecule has 1 aliphatic rings. The van der Waals surface area contributed by atoms with E-state index in [2.05, 4.69) is 15.9 Å². The molecule has 90 valence electrons. The van der Waals surface area contributed by atoms with Crippen molar-refractivity contribution in [2.45, 2.75) is 16.7 Å². The standard InChI is InChI=1S/C8H10BrClN2O2S2/c9-8-6(10)3-7(15-8)16(13,14)12-2-1-5(11)4-12/h3,5H,1-2,4,11H2. The first-order valence-corrected chi connectivity index (χ1v) is 8.04. The molecule has 16 heavy (non-hydrogen) atoms. The lowest BCUT2D eigenvalue weighted by Crippen LogP contribution is -2.31. The van der Waals surface area contributed by atoms with E-state index < -0.39 is 10.0 Å². The molecule has 8 heteroatoms. The third-order valence-corrected chi connectivity index (χ3v) is 7.19. The summed E-state index contributed by atoms with van der Waals surface area (Å²) in [5, 5.41) is 0.423. The maximum atomic E-state index is 12.1. The Morgan fingerprint density at radius 1 is 1.62 bits per heavy atom. The Morgan fingerprint density at radius 2 is 2.31 bits per heavy atom. The predicted octanol–water partition coefficient (Wildman–Crippen LogP) is 1.89. The van der Waals surface area contributed by atoms with Crippen molar-refractivity contribution in [1.29, 1.82) is 0 Å². The summed E-state index contributed by atoms with van der Waals surface area (Å²) in [5.74, 6) is 0. The van der Waals surface area contributed by atoms with Crippen LogP contribution in [0.1, 0.15) is 6.42 Å². The van der Waals surface area contributed by atoms with Crippen LogP contribution in [0.4, 0.5) is 0 Å². The van der Waals surface area contributed by atoms with Crippen molar-refractivity contribution >= 4 is 48.9 Å². The smallest absolute Gasteiger partial charge is 0.252 e.